The van der Waals surface area contributed by atoms with Crippen molar-refractivity contribution in [3.8, 4) is 0 Å². The van der Waals surface area contributed by atoms with E-state index in [1.807, 2.05) is 6.07 Å². The van der Waals surface area contributed by atoms with E-state index in [9.17, 15) is 4.39 Å². The zero-order valence-corrected chi connectivity index (χ0v) is 13.3. The van der Waals surface area contributed by atoms with Crippen LogP contribution in [0.3, 0.4) is 0 Å². The molecule has 0 amide bonds. The Hall–Kier alpha value is -0.720. The Morgan fingerprint density at radius 2 is 2.10 bits per heavy atom. The first-order chi connectivity index (χ1) is 9.65. The topological polar surface area (TPSA) is 24.0 Å². The standard InChI is InChI=1S/C14H15BrFN3S/c15-8-6-13-10(7-9(8)16)17-14(20)19(13)12-3-5-18-4-1-2-11(12)18/h6-7,11-12H,1-5H2,(H,17,20). The zero-order chi connectivity index (χ0) is 13.9. The van der Waals surface area contributed by atoms with Crippen LogP contribution >= 0.6 is 28.1 Å². The fraction of sp³-hybridized carbons (Fsp3) is 0.500. The quantitative estimate of drug-likeness (QED) is 0.781. The average molecular weight is 356 g/mol. The summed E-state index contributed by atoms with van der Waals surface area (Å²) in [5, 5.41) is 0. The first-order valence-corrected chi connectivity index (χ1v) is 8.18. The van der Waals surface area contributed by atoms with E-state index in [1.165, 1.54) is 25.5 Å². The van der Waals surface area contributed by atoms with Crippen molar-refractivity contribution in [2.45, 2.75) is 31.3 Å². The summed E-state index contributed by atoms with van der Waals surface area (Å²) in [4.78, 5) is 5.71. The first-order valence-electron chi connectivity index (χ1n) is 6.98. The molecule has 2 aliphatic rings. The number of rotatable bonds is 1. The average Bonchev–Trinajstić information content (AvgIpc) is 3.05. The van der Waals surface area contributed by atoms with Gasteiger partial charge in [0.05, 0.1) is 21.5 Å². The molecule has 1 aromatic heterocycles. The van der Waals surface area contributed by atoms with E-state index in [0.29, 0.717) is 21.3 Å². The molecule has 106 valence electrons. The van der Waals surface area contributed by atoms with Crippen molar-refractivity contribution in [1.82, 2.24) is 14.5 Å². The van der Waals surface area contributed by atoms with Crippen molar-refractivity contribution in [2.24, 2.45) is 0 Å². The van der Waals surface area contributed by atoms with Crippen molar-refractivity contribution in [1.29, 1.82) is 0 Å². The second-order valence-electron chi connectivity index (χ2n) is 5.69. The molecule has 0 saturated carbocycles. The highest BCUT2D eigenvalue weighted by Crippen LogP contribution is 2.38. The molecule has 6 heteroatoms. The number of imidazole rings is 1. The molecule has 2 aliphatic heterocycles. The van der Waals surface area contributed by atoms with Gasteiger partial charge in [-0.2, -0.15) is 0 Å². The first kappa shape index (κ1) is 13.0. The van der Waals surface area contributed by atoms with Gasteiger partial charge in [-0.25, -0.2) is 4.39 Å². The van der Waals surface area contributed by atoms with Crippen LogP contribution in [0, 0.1) is 10.6 Å². The lowest BCUT2D eigenvalue weighted by molar-refractivity contribution is 0.291. The molecular formula is C14H15BrFN3S. The summed E-state index contributed by atoms with van der Waals surface area (Å²) < 4.78 is 17.1. The number of nitrogens with one attached hydrogen (secondary N) is 1. The lowest BCUT2D eigenvalue weighted by atomic mass is 10.1. The van der Waals surface area contributed by atoms with Crippen LogP contribution in [0.2, 0.25) is 0 Å². The van der Waals surface area contributed by atoms with Crippen LogP contribution < -0.4 is 0 Å². The number of fused-ring (bicyclic) bond motifs is 2. The van der Waals surface area contributed by atoms with Crippen LogP contribution in [0.15, 0.2) is 16.6 Å². The minimum atomic E-state index is -0.255. The van der Waals surface area contributed by atoms with Gasteiger partial charge in [0.1, 0.15) is 5.82 Å². The van der Waals surface area contributed by atoms with Crippen LogP contribution in [0.25, 0.3) is 11.0 Å². The molecule has 1 aromatic carbocycles. The summed E-state index contributed by atoms with van der Waals surface area (Å²) in [5.74, 6) is -0.255. The maximum absolute atomic E-state index is 13.7. The Labute approximate surface area is 129 Å². The molecule has 0 radical (unpaired) electrons. The lowest BCUT2D eigenvalue weighted by Crippen LogP contribution is -2.27. The molecule has 2 aromatic rings. The number of halogens is 2. The highest BCUT2D eigenvalue weighted by atomic mass is 79.9. The number of aromatic amines is 1. The van der Waals surface area contributed by atoms with E-state index in [4.69, 9.17) is 12.2 Å². The summed E-state index contributed by atoms with van der Waals surface area (Å²) in [5.41, 5.74) is 1.79. The van der Waals surface area contributed by atoms with Crippen LogP contribution in [-0.4, -0.2) is 33.6 Å². The van der Waals surface area contributed by atoms with E-state index in [1.54, 1.807) is 0 Å². The van der Waals surface area contributed by atoms with Crippen molar-refractivity contribution in [3.63, 3.8) is 0 Å². The van der Waals surface area contributed by atoms with Gasteiger partial charge in [-0.15, -0.1) is 0 Å². The van der Waals surface area contributed by atoms with E-state index in [-0.39, 0.29) is 5.82 Å². The van der Waals surface area contributed by atoms with Gasteiger partial charge in [0.25, 0.3) is 0 Å². The van der Waals surface area contributed by atoms with Crippen LogP contribution in [-0.2, 0) is 0 Å². The highest BCUT2D eigenvalue weighted by molar-refractivity contribution is 9.10. The molecular weight excluding hydrogens is 341 g/mol. The normalized spacial score (nSPS) is 26.5. The largest absolute Gasteiger partial charge is 0.330 e. The maximum Gasteiger partial charge on any atom is 0.178 e. The third-order valence-electron chi connectivity index (χ3n) is 4.66. The van der Waals surface area contributed by atoms with Gasteiger partial charge in [-0.3, -0.25) is 4.90 Å². The van der Waals surface area contributed by atoms with E-state index < -0.39 is 0 Å². The molecule has 0 spiro atoms. The van der Waals surface area contributed by atoms with Gasteiger partial charge in [-0.1, -0.05) is 0 Å². The monoisotopic (exact) mass is 355 g/mol. The molecule has 3 heterocycles. The maximum atomic E-state index is 13.7. The third kappa shape index (κ3) is 1.81. The molecule has 3 nitrogen and oxygen atoms in total. The number of H-pyrrole nitrogens is 1. The lowest BCUT2D eigenvalue weighted by Gasteiger charge is -2.22. The molecule has 2 unspecified atom stereocenters. The fourth-order valence-corrected chi connectivity index (χ4v) is 4.48. The zero-order valence-electron chi connectivity index (χ0n) is 10.9. The molecule has 4 rings (SSSR count). The van der Waals surface area contributed by atoms with Gasteiger partial charge >= 0.3 is 0 Å². The second-order valence-corrected chi connectivity index (χ2v) is 6.93. The Kier molecular flexibility index (Phi) is 3.01. The molecule has 1 N–H and O–H groups in total. The van der Waals surface area contributed by atoms with Gasteiger partial charge in [0.15, 0.2) is 4.77 Å². The molecule has 2 saturated heterocycles. The van der Waals surface area contributed by atoms with Gasteiger partial charge in [0.2, 0.25) is 0 Å². The molecule has 20 heavy (non-hydrogen) atoms. The number of hydrogen-bond acceptors (Lipinski definition) is 2. The predicted molar refractivity (Wildman–Crippen MR) is 83.0 cm³/mol. The Bertz CT molecular complexity index is 738. The molecule has 0 aliphatic carbocycles. The Morgan fingerprint density at radius 3 is 2.95 bits per heavy atom. The molecule has 2 atom stereocenters. The summed E-state index contributed by atoms with van der Waals surface area (Å²) in [6, 6.07) is 4.36. The fourth-order valence-electron chi connectivity index (χ4n) is 3.81. The SMILES string of the molecule is Fc1cc2[nH]c(=S)n(C3CCN4CCCC34)c2cc1Br. The smallest absolute Gasteiger partial charge is 0.178 e. The van der Waals surface area contributed by atoms with Crippen LogP contribution in [0.4, 0.5) is 4.39 Å². The number of benzene rings is 1. The van der Waals surface area contributed by atoms with Gasteiger partial charge < -0.3 is 9.55 Å². The van der Waals surface area contributed by atoms with Gasteiger partial charge in [0, 0.05) is 18.7 Å². The summed E-state index contributed by atoms with van der Waals surface area (Å²) in [6.07, 6.45) is 3.64. The number of nitrogens with zero attached hydrogens (tertiary/aromatic N) is 2. The van der Waals surface area contributed by atoms with Crippen LogP contribution in [0.1, 0.15) is 25.3 Å². The summed E-state index contributed by atoms with van der Waals surface area (Å²) in [7, 11) is 0. The van der Waals surface area contributed by atoms with Crippen molar-refractivity contribution < 1.29 is 4.39 Å². The molecule has 2 fully saturated rings. The van der Waals surface area contributed by atoms with E-state index in [2.05, 4.69) is 30.4 Å². The Morgan fingerprint density at radius 1 is 1.25 bits per heavy atom. The van der Waals surface area contributed by atoms with Crippen molar-refractivity contribution in [3.05, 3.63) is 27.2 Å². The van der Waals surface area contributed by atoms with E-state index in [0.717, 1.165) is 24.0 Å². The Balaban J connectivity index is 1.89. The summed E-state index contributed by atoms with van der Waals surface area (Å²) >= 11 is 8.77. The third-order valence-corrected chi connectivity index (χ3v) is 5.57. The van der Waals surface area contributed by atoms with Crippen LogP contribution in [0.5, 0.6) is 0 Å². The second kappa shape index (κ2) is 4.64. The van der Waals surface area contributed by atoms with Gasteiger partial charge in [-0.05, 0) is 60.0 Å². The molecule has 0 bridgehead atoms. The highest BCUT2D eigenvalue weighted by Gasteiger charge is 2.38. The predicted octanol–water partition coefficient (Wildman–Crippen LogP) is 4.01. The minimum absolute atomic E-state index is 0.255. The van der Waals surface area contributed by atoms with Crippen molar-refractivity contribution in [2.75, 3.05) is 13.1 Å². The number of hydrogen-bond donors (Lipinski definition) is 1. The number of aromatic nitrogens is 2. The van der Waals surface area contributed by atoms with Crippen molar-refractivity contribution >= 4 is 39.2 Å². The van der Waals surface area contributed by atoms with E-state index >= 15 is 0 Å². The minimum Gasteiger partial charge on any atom is -0.330 e. The summed E-state index contributed by atoms with van der Waals surface area (Å²) in [6.45, 7) is 2.35.